The molecule has 0 saturated carbocycles. The molecule has 6 nitrogen and oxygen atoms in total. The summed E-state index contributed by atoms with van der Waals surface area (Å²) < 4.78 is 0. The third-order valence-electron chi connectivity index (χ3n) is 3.44. The number of rotatable bonds is 0. The molecule has 2 aromatic carbocycles. The Morgan fingerprint density at radius 2 is 1.08 bits per heavy atom. The summed E-state index contributed by atoms with van der Waals surface area (Å²) in [6.45, 7) is 1.07. The fourth-order valence-corrected chi connectivity index (χ4v) is 2.25. The van der Waals surface area contributed by atoms with E-state index in [1.807, 2.05) is 24.3 Å². The molecule has 2 N–H and O–H groups in total. The van der Waals surface area contributed by atoms with E-state index in [9.17, 15) is 9.59 Å². The molecule has 0 atom stereocenters. The second-order valence-corrected chi connectivity index (χ2v) is 5.15. The first-order valence-corrected chi connectivity index (χ1v) is 7.54. The van der Waals surface area contributed by atoms with Gasteiger partial charge in [-0.25, -0.2) is 0 Å². The topological polar surface area (TPSA) is 82.9 Å². The fourth-order valence-electron chi connectivity index (χ4n) is 2.25. The smallest absolute Gasteiger partial charge is 0.314 e. The van der Waals surface area contributed by atoms with Crippen LogP contribution in [0.4, 0.5) is 11.4 Å². The van der Waals surface area contributed by atoms with Crippen LogP contribution in [0.5, 0.6) is 0 Å². The minimum atomic E-state index is -0.736. The predicted molar refractivity (Wildman–Crippen MR) is 95.1 cm³/mol. The Morgan fingerprint density at radius 1 is 0.667 bits per heavy atom. The Morgan fingerprint density at radius 3 is 1.54 bits per heavy atom. The summed E-state index contributed by atoms with van der Waals surface area (Å²) >= 11 is 0. The number of aliphatic imine (C=N–C) groups is 2. The highest BCUT2D eigenvalue weighted by atomic mass is 16.2. The number of hydrogen-bond acceptors (Lipinski definition) is 4. The van der Waals surface area contributed by atoms with Gasteiger partial charge < -0.3 is 10.6 Å². The second-order valence-electron chi connectivity index (χ2n) is 5.15. The summed E-state index contributed by atoms with van der Waals surface area (Å²) in [6.07, 6.45) is 3.34. The lowest BCUT2D eigenvalue weighted by molar-refractivity contribution is -0.133. The Balaban J connectivity index is 1.94. The van der Waals surface area contributed by atoms with Crippen molar-refractivity contribution >= 4 is 35.6 Å². The van der Waals surface area contributed by atoms with E-state index in [2.05, 4.69) is 20.6 Å². The van der Waals surface area contributed by atoms with Crippen LogP contribution in [0.15, 0.2) is 58.5 Å². The van der Waals surface area contributed by atoms with E-state index in [1.165, 1.54) is 0 Å². The average molecular weight is 320 g/mol. The summed E-state index contributed by atoms with van der Waals surface area (Å²) in [5.41, 5.74) is 2.55. The van der Waals surface area contributed by atoms with E-state index in [0.29, 0.717) is 24.5 Å². The number of benzene rings is 2. The van der Waals surface area contributed by atoms with Crippen LogP contribution in [0, 0.1) is 0 Å². The maximum atomic E-state index is 12.2. The van der Waals surface area contributed by atoms with Crippen LogP contribution in [0.1, 0.15) is 11.1 Å². The number of carbonyl (C=O) groups excluding carboxylic acids is 2. The standard InChI is InChI=1S/C18H16N4O2/c23-17-18(24)22-16-8-4-2-6-14(16)12-20-10-9-19-11-13-5-1-3-7-15(13)21-17/h1-8,11-12H,9-10H2,(H,21,23)(H,22,24). The third-order valence-corrected chi connectivity index (χ3v) is 3.44. The number of nitrogens with one attached hydrogen (secondary N) is 2. The van der Waals surface area contributed by atoms with E-state index < -0.39 is 11.8 Å². The van der Waals surface area contributed by atoms with E-state index >= 15 is 0 Å². The van der Waals surface area contributed by atoms with Crippen LogP contribution < -0.4 is 10.6 Å². The quantitative estimate of drug-likeness (QED) is 0.729. The summed E-state index contributed by atoms with van der Waals surface area (Å²) in [4.78, 5) is 32.9. The first-order valence-electron chi connectivity index (χ1n) is 7.54. The molecule has 1 heterocycles. The maximum Gasteiger partial charge on any atom is 0.314 e. The number of nitrogens with zero attached hydrogens (tertiary/aromatic N) is 2. The van der Waals surface area contributed by atoms with Gasteiger partial charge in [0, 0.05) is 34.9 Å². The minimum Gasteiger partial charge on any atom is -0.317 e. The molecule has 0 fully saturated rings. The fraction of sp³-hybridized carbons (Fsp3) is 0.111. The molecule has 120 valence electrons. The van der Waals surface area contributed by atoms with Gasteiger partial charge in [0.15, 0.2) is 0 Å². The minimum absolute atomic E-state index is 0.535. The van der Waals surface area contributed by atoms with Gasteiger partial charge in [0.1, 0.15) is 0 Å². The Kier molecular flexibility index (Phi) is 4.76. The Hall–Kier alpha value is -3.28. The number of fused-ring (bicyclic) bond motifs is 2. The Labute approximate surface area is 139 Å². The normalized spacial score (nSPS) is 14.8. The number of amides is 2. The van der Waals surface area contributed by atoms with Gasteiger partial charge in [0.05, 0.1) is 13.1 Å². The van der Waals surface area contributed by atoms with Gasteiger partial charge in [0.2, 0.25) is 0 Å². The molecule has 2 amide bonds. The average Bonchev–Trinajstić information content (AvgIpc) is 2.60. The highest BCUT2D eigenvalue weighted by molar-refractivity contribution is 6.44. The van der Waals surface area contributed by atoms with Gasteiger partial charge in [-0.1, -0.05) is 36.4 Å². The summed E-state index contributed by atoms with van der Waals surface area (Å²) in [7, 11) is 0. The highest BCUT2D eigenvalue weighted by Gasteiger charge is 2.16. The molecule has 0 aromatic heterocycles. The van der Waals surface area contributed by atoms with Gasteiger partial charge in [-0.05, 0) is 12.1 Å². The van der Waals surface area contributed by atoms with E-state index in [0.717, 1.165) is 11.1 Å². The van der Waals surface area contributed by atoms with E-state index in [4.69, 9.17) is 0 Å². The van der Waals surface area contributed by atoms with Gasteiger partial charge >= 0.3 is 11.8 Å². The van der Waals surface area contributed by atoms with Gasteiger partial charge in [-0.2, -0.15) is 0 Å². The highest BCUT2D eigenvalue weighted by Crippen LogP contribution is 2.15. The zero-order valence-electron chi connectivity index (χ0n) is 12.9. The molecule has 24 heavy (non-hydrogen) atoms. The van der Waals surface area contributed by atoms with Crippen molar-refractivity contribution in [3.8, 4) is 0 Å². The lowest BCUT2D eigenvalue weighted by atomic mass is 10.2. The molecule has 0 saturated heterocycles. The number of para-hydroxylation sites is 2. The monoisotopic (exact) mass is 320 g/mol. The molecule has 6 heteroatoms. The lowest BCUT2D eigenvalue weighted by Gasteiger charge is -2.10. The number of hydrogen-bond donors (Lipinski definition) is 2. The molecule has 1 aliphatic rings. The van der Waals surface area contributed by atoms with E-state index in [1.54, 1.807) is 36.7 Å². The maximum absolute atomic E-state index is 12.2. The zero-order chi connectivity index (χ0) is 16.8. The molecule has 0 aliphatic carbocycles. The van der Waals surface area contributed by atoms with Gasteiger partial charge in [-0.3, -0.25) is 19.6 Å². The largest absolute Gasteiger partial charge is 0.317 e. The third kappa shape index (κ3) is 3.73. The van der Waals surface area contributed by atoms with Crippen LogP contribution in [-0.2, 0) is 9.59 Å². The number of anilines is 2. The van der Waals surface area contributed by atoms with Crippen LogP contribution in [-0.4, -0.2) is 37.3 Å². The molecule has 3 rings (SSSR count). The van der Waals surface area contributed by atoms with Gasteiger partial charge in [-0.15, -0.1) is 0 Å². The molecule has 2 aromatic rings. The molecular weight excluding hydrogens is 304 g/mol. The molecule has 0 radical (unpaired) electrons. The molecule has 0 bridgehead atoms. The predicted octanol–water partition coefficient (Wildman–Crippen LogP) is 2.12. The van der Waals surface area contributed by atoms with Gasteiger partial charge in [0.25, 0.3) is 0 Å². The van der Waals surface area contributed by atoms with Crippen molar-refractivity contribution in [1.29, 1.82) is 0 Å². The van der Waals surface area contributed by atoms with Crippen LogP contribution >= 0.6 is 0 Å². The van der Waals surface area contributed by atoms with Crippen molar-refractivity contribution in [2.45, 2.75) is 0 Å². The van der Waals surface area contributed by atoms with Crippen molar-refractivity contribution in [2.75, 3.05) is 23.7 Å². The van der Waals surface area contributed by atoms with Crippen molar-refractivity contribution < 1.29 is 9.59 Å². The SMILES string of the molecule is O=C1Nc2ccccc2C=NCCN=Cc2ccccc2NC1=O. The van der Waals surface area contributed by atoms with Crippen molar-refractivity contribution in [3.05, 3.63) is 59.7 Å². The molecule has 1 aliphatic heterocycles. The van der Waals surface area contributed by atoms with Crippen LogP contribution in [0.25, 0.3) is 0 Å². The molecular formula is C18H16N4O2. The lowest BCUT2D eigenvalue weighted by Crippen LogP contribution is -2.29. The van der Waals surface area contributed by atoms with Crippen molar-refractivity contribution in [1.82, 2.24) is 0 Å². The first-order chi connectivity index (χ1) is 11.7. The van der Waals surface area contributed by atoms with E-state index in [-0.39, 0.29) is 0 Å². The Bertz CT molecular complexity index is 758. The summed E-state index contributed by atoms with van der Waals surface area (Å²) in [5.74, 6) is -1.47. The summed E-state index contributed by atoms with van der Waals surface area (Å²) in [5, 5.41) is 5.24. The summed E-state index contributed by atoms with van der Waals surface area (Å²) in [6, 6.07) is 14.3. The van der Waals surface area contributed by atoms with Crippen molar-refractivity contribution in [3.63, 3.8) is 0 Å². The van der Waals surface area contributed by atoms with Crippen LogP contribution in [0.2, 0.25) is 0 Å². The molecule has 0 unspecified atom stereocenters. The second kappa shape index (κ2) is 7.32. The number of carbonyl (C=O) groups is 2. The van der Waals surface area contributed by atoms with Crippen LogP contribution in [0.3, 0.4) is 0 Å². The molecule has 0 spiro atoms. The first kappa shape index (κ1) is 15.6. The zero-order valence-corrected chi connectivity index (χ0v) is 12.9. The van der Waals surface area contributed by atoms with Crippen molar-refractivity contribution in [2.24, 2.45) is 9.98 Å².